The molecule has 0 radical (unpaired) electrons. The van der Waals surface area contributed by atoms with Crippen LogP contribution in [0.1, 0.15) is 43.6 Å². The van der Waals surface area contributed by atoms with E-state index in [0.717, 1.165) is 6.42 Å². The number of hydrazone groups is 1. The van der Waals surface area contributed by atoms with Gasteiger partial charge in [-0.05, 0) is 24.8 Å². The molecule has 2 aromatic rings. The lowest BCUT2D eigenvalue weighted by Crippen LogP contribution is -2.55. The second-order valence-corrected chi connectivity index (χ2v) is 8.33. The second kappa shape index (κ2) is 9.10. The largest absolute Gasteiger partial charge is 0.493 e. The maximum absolute atomic E-state index is 13.2. The van der Waals surface area contributed by atoms with Gasteiger partial charge in [-0.1, -0.05) is 36.9 Å². The number of amidine groups is 1. The zero-order valence-electron chi connectivity index (χ0n) is 18.3. The number of carbonyl (C=O) groups is 2. The average molecular weight is 470 g/mol. The molecule has 10 nitrogen and oxygen atoms in total. The Balaban J connectivity index is 2.01. The Hall–Kier alpha value is -3.60. The number of ether oxygens (including phenoxy) is 1. The number of hydrogen-bond donors (Lipinski definition) is 1. The zero-order valence-corrected chi connectivity index (χ0v) is 19.2. The quantitative estimate of drug-likeness (QED) is 0.526. The van der Waals surface area contributed by atoms with Crippen LogP contribution < -0.4 is 15.0 Å². The van der Waals surface area contributed by atoms with Crippen molar-refractivity contribution in [1.82, 2.24) is 10.3 Å². The zero-order chi connectivity index (χ0) is 23.7. The number of para-hydroxylation sites is 1. The van der Waals surface area contributed by atoms with E-state index < -0.39 is 17.1 Å². The van der Waals surface area contributed by atoms with Gasteiger partial charge in [0.2, 0.25) is 5.91 Å². The number of nitrogens with one attached hydrogen (secondary N) is 1. The standard InChI is InChI=1S/C22H23N5O5S/c1-4-11-32-18-10-9-14(27(30)31)12-16(18)21-25(13(2)28)17-8-6-5-7-15(17)19-20(29)23-22(33-3)24-26(19)21/h5-10,12,19,21H,4,11H2,1-3H3,(H,23,24,29). The van der Waals surface area contributed by atoms with Crippen LogP contribution in [0.5, 0.6) is 5.75 Å². The first-order valence-electron chi connectivity index (χ1n) is 10.4. The molecule has 0 fully saturated rings. The summed E-state index contributed by atoms with van der Waals surface area (Å²) < 4.78 is 5.91. The lowest BCUT2D eigenvalue weighted by atomic mass is 9.94. The maximum Gasteiger partial charge on any atom is 0.270 e. The van der Waals surface area contributed by atoms with Crippen LogP contribution in [-0.2, 0) is 9.59 Å². The molecule has 11 heteroatoms. The topological polar surface area (TPSA) is 117 Å². The third kappa shape index (κ3) is 3.99. The highest BCUT2D eigenvalue weighted by Gasteiger charge is 2.47. The van der Waals surface area contributed by atoms with E-state index in [1.807, 2.05) is 6.92 Å². The van der Waals surface area contributed by atoms with Crippen LogP contribution in [-0.4, -0.2) is 39.8 Å². The van der Waals surface area contributed by atoms with Gasteiger partial charge in [-0.25, -0.2) is 0 Å². The Labute approximate surface area is 194 Å². The van der Waals surface area contributed by atoms with Gasteiger partial charge in [-0.15, -0.1) is 5.10 Å². The van der Waals surface area contributed by atoms with E-state index in [2.05, 4.69) is 10.4 Å². The maximum atomic E-state index is 13.2. The number of benzene rings is 2. The highest BCUT2D eigenvalue weighted by molar-refractivity contribution is 8.13. The SMILES string of the molecule is CCCOc1ccc([N+](=O)[O-])cc1C1N(C(C)=O)c2ccccc2C2C(=O)NC(SC)=NN21. The molecule has 2 heterocycles. The molecule has 2 aliphatic heterocycles. The van der Waals surface area contributed by atoms with Gasteiger partial charge in [0.25, 0.3) is 11.6 Å². The van der Waals surface area contributed by atoms with E-state index >= 15 is 0 Å². The van der Waals surface area contributed by atoms with Crippen LogP contribution in [0, 0.1) is 10.1 Å². The van der Waals surface area contributed by atoms with Gasteiger partial charge in [0.05, 0.1) is 17.2 Å². The monoisotopic (exact) mass is 469 g/mol. The minimum atomic E-state index is -0.928. The number of nitro benzene ring substituents is 1. The van der Waals surface area contributed by atoms with Crippen molar-refractivity contribution in [1.29, 1.82) is 0 Å². The van der Waals surface area contributed by atoms with Crippen LogP contribution in [0.4, 0.5) is 11.4 Å². The Morgan fingerprint density at radius 2 is 2.03 bits per heavy atom. The van der Waals surface area contributed by atoms with Gasteiger partial charge in [0.1, 0.15) is 5.75 Å². The average Bonchev–Trinajstić information content (AvgIpc) is 2.81. The van der Waals surface area contributed by atoms with Gasteiger partial charge >= 0.3 is 0 Å². The number of fused-ring (bicyclic) bond motifs is 3. The molecule has 0 aromatic heterocycles. The molecule has 0 bridgehead atoms. The fourth-order valence-electron chi connectivity index (χ4n) is 4.06. The lowest BCUT2D eigenvalue weighted by Gasteiger charge is -2.48. The number of rotatable bonds is 5. The Morgan fingerprint density at radius 3 is 2.70 bits per heavy atom. The Morgan fingerprint density at radius 1 is 1.27 bits per heavy atom. The predicted molar refractivity (Wildman–Crippen MR) is 125 cm³/mol. The van der Waals surface area contributed by atoms with Crippen LogP contribution >= 0.6 is 11.8 Å². The van der Waals surface area contributed by atoms with Crippen LogP contribution in [0.3, 0.4) is 0 Å². The molecular weight excluding hydrogens is 446 g/mol. The first-order chi connectivity index (χ1) is 15.9. The van der Waals surface area contributed by atoms with Crippen LogP contribution in [0.2, 0.25) is 0 Å². The third-order valence-electron chi connectivity index (χ3n) is 5.41. The van der Waals surface area contributed by atoms with E-state index in [-0.39, 0.29) is 17.5 Å². The molecule has 1 N–H and O–H groups in total. The summed E-state index contributed by atoms with van der Waals surface area (Å²) >= 11 is 1.25. The van der Waals surface area contributed by atoms with Gasteiger partial charge in [0.15, 0.2) is 17.4 Å². The minimum Gasteiger partial charge on any atom is -0.493 e. The molecule has 0 saturated heterocycles. The van der Waals surface area contributed by atoms with Gasteiger partial charge in [0, 0.05) is 30.2 Å². The molecule has 2 amide bonds. The van der Waals surface area contributed by atoms with Gasteiger partial charge in [-0.2, -0.15) is 0 Å². The van der Waals surface area contributed by atoms with E-state index in [1.54, 1.807) is 30.5 Å². The van der Waals surface area contributed by atoms with Crippen LogP contribution in [0.15, 0.2) is 47.6 Å². The number of hydrogen-bond acceptors (Lipinski definition) is 8. The molecular formula is C22H23N5O5S. The van der Waals surface area contributed by atoms with Gasteiger partial charge in [-0.3, -0.25) is 29.6 Å². The molecule has 172 valence electrons. The van der Waals surface area contributed by atoms with Gasteiger partial charge < -0.3 is 10.1 Å². The summed E-state index contributed by atoms with van der Waals surface area (Å²) in [5.74, 6) is -0.203. The molecule has 2 unspecified atom stereocenters. The van der Waals surface area contributed by atoms with Crippen molar-refractivity contribution < 1.29 is 19.2 Å². The summed E-state index contributed by atoms with van der Waals surface area (Å²) in [5.41, 5.74) is 1.39. The number of amides is 2. The first-order valence-corrected chi connectivity index (χ1v) is 11.6. The highest BCUT2D eigenvalue weighted by atomic mass is 32.2. The van der Waals surface area contributed by atoms with E-state index in [9.17, 15) is 19.7 Å². The smallest absolute Gasteiger partial charge is 0.270 e. The predicted octanol–water partition coefficient (Wildman–Crippen LogP) is 3.56. The number of nitro groups is 1. The fraction of sp³-hybridized carbons (Fsp3) is 0.318. The van der Waals surface area contributed by atoms with Crippen molar-refractivity contribution in [3.63, 3.8) is 0 Å². The molecule has 0 spiro atoms. The van der Waals surface area contributed by atoms with Crippen molar-refractivity contribution in [2.45, 2.75) is 32.5 Å². The Kier molecular flexibility index (Phi) is 6.23. The number of carbonyl (C=O) groups excluding carboxylic acids is 2. The van der Waals surface area contributed by atoms with Crippen LogP contribution in [0.25, 0.3) is 0 Å². The summed E-state index contributed by atoms with van der Waals surface area (Å²) in [6.07, 6.45) is 1.57. The molecule has 33 heavy (non-hydrogen) atoms. The fourth-order valence-corrected chi connectivity index (χ4v) is 4.44. The minimum absolute atomic E-state index is 0.150. The third-order valence-corrected chi connectivity index (χ3v) is 5.98. The Bertz CT molecular complexity index is 1150. The van der Waals surface area contributed by atoms with Crippen molar-refractivity contribution in [2.24, 2.45) is 5.10 Å². The summed E-state index contributed by atoms with van der Waals surface area (Å²) in [4.78, 5) is 38.7. The number of anilines is 1. The summed E-state index contributed by atoms with van der Waals surface area (Å²) in [7, 11) is 0. The van der Waals surface area contributed by atoms with Crippen molar-refractivity contribution >= 4 is 40.1 Å². The van der Waals surface area contributed by atoms with Crippen molar-refractivity contribution in [3.8, 4) is 5.75 Å². The normalized spacial score (nSPS) is 19.2. The molecule has 2 aromatic carbocycles. The molecule has 2 atom stereocenters. The van der Waals surface area contributed by atoms with Crippen molar-refractivity contribution in [3.05, 3.63) is 63.7 Å². The van der Waals surface area contributed by atoms with E-state index in [1.165, 1.54) is 46.8 Å². The first kappa shape index (κ1) is 22.6. The summed E-state index contributed by atoms with van der Waals surface area (Å²) in [6.45, 7) is 3.75. The molecule has 0 aliphatic carbocycles. The highest BCUT2D eigenvalue weighted by Crippen LogP contribution is 2.48. The molecule has 4 rings (SSSR count). The molecule has 0 saturated carbocycles. The lowest BCUT2D eigenvalue weighted by molar-refractivity contribution is -0.385. The molecule has 2 aliphatic rings. The second-order valence-electron chi connectivity index (χ2n) is 7.53. The summed E-state index contributed by atoms with van der Waals surface area (Å²) in [6, 6.07) is 10.6. The van der Waals surface area contributed by atoms with E-state index in [0.29, 0.717) is 34.3 Å². The number of non-ortho nitro benzene ring substituents is 1. The number of thioether (sulfide) groups is 1. The summed E-state index contributed by atoms with van der Waals surface area (Å²) in [5, 5.41) is 20.9. The van der Waals surface area contributed by atoms with E-state index in [4.69, 9.17) is 4.74 Å². The number of nitrogens with zero attached hydrogens (tertiary/aromatic N) is 4. The van der Waals surface area contributed by atoms with Crippen molar-refractivity contribution in [2.75, 3.05) is 17.8 Å².